The van der Waals surface area contributed by atoms with Crippen molar-refractivity contribution >= 4 is 16.0 Å². The molecule has 0 radical (unpaired) electrons. The molecule has 0 N–H and O–H groups in total. The predicted octanol–water partition coefficient (Wildman–Crippen LogP) is 2.28. The number of hydroxylamine groups is 1. The number of aromatic nitrogens is 2. The third-order valence-electron chi connectivity index (χ3n) is 3.81. The first-order valence-electron chi connectivity index (χ1n) is 8.10. The van der Waals surface area contributed by atoms with Gasteiger partial charge >= 0.3 is 5.97 Å². The number of benzene rings is 2. The van der Waals surface area contributed by atoms with E-state index in [4.69, 9.17) is 14.1 Å². The van der Waals surface area contributed by atoms with Gasteiger partial charge in [0, 0.05) is 12.6 Å². The molecule has 0 amide bonds. The molecule has 2 aromatic carbocycles. The average Bonchev–Trinajstić information content (AvgIpc) is 3.21. The van der Waals surface area contributed by atoms with Crippen LogP contribution in [0.15, 0.2) is 64.0 Å². The maximum atomic E-state index is 12.1. The highest BCUT2D eigenvalue weighted by atomic mass is 32.2. The Morgan fingerprint density at radius 1 is 1.11 bits per heavy atom. The van der Waals surface area contributed by atoms with Crippen LogP contribution in [-0.4, -0.2) is 43.2 Å². The zero-order chi connectivity index (χ0) is 20.1. The summed E-state index contributed by atoms with van der Waals surface area (Å²) in [7, 11) is -1.28. The highest BCUT2D eigenvalue weighted by molar-refractivity contribution is 7.89. The Morgan fingerprint density at radius 2 is 1.79 bits per heavy atom. The van der Waals surface area contributed by atoms with E-state index < -0.39 is 16.0 Å². The molecule has 3 aromatic rings. The van der Waals surface area contributed by atoms with Crippen LogP contribution in [0.3, 0.4) is 0 Å². The number of rotatable bonds is 7. The topological polar surface area (TPSA) is 112 Å². The minimum atomic E-state index is -3.78. The molecule has 0 aliphatic heterocycles. The summed E-state index contributed by atoms with van der Waals surface area (Å²) in [5.41, 5.74) is 0.962. The van der Waals surface area contributed by atoms with Gasteiger partial charge in [-0.15, -0.1) is 0 Å². The molecule has 0 fully saturated rings. The number of hydrogen-bond acceptors (Lipinski definition) is 8. The Morgan fingerprint density at radius 3 is 2.43 bits per heavy atom. The Kier molecular flexibility index (Phi) is 5.83. The largest absolute Gasteiger partial charge is 0.452 e. The molecule has 0 unspecified atom stereocenters. The van der Waals surface area contributed by atoms with Crippen molar-refractivity contribution in [1.29, 1.82) is 0 Å². The van der Waals surface area contributed by atoms with Crippen LogP contribution >= 0.6 is 0 Å². The molecule has 28 heavy (non-hydrogen) atoms. The average molecular weight is 403 g/mol. The number of carbonyl (C=O) groups is 1. The van der Waals surface area contributed by atoms with Gasteiger partial charge < -0.3 is 9.26 Å². The Hall–Kier alpha value is -3.08. The lowest BCUT2D eigenvalue weighted by Crippen LogP contribution is -2.25. The molecule has 0 bridgehead atoms. The van der Waals surface area contributed by atoms with Gasteiger partial charge in [-0.3, -0.25) is 4.84 Å². The van der Waals surface area contributed by atoms with Gasteiger partial charge in [-0.2, -0.15) is 4.98 Å². The van der Waals surface area contributed by atoms with Gasteiger partial charge in [0.2, 0.25) is 5.82 Å². The molecule has 0 atom stereocenters. The minimum absolute atomic E-state index is 0.0159. The third-order valence-corrected chi connectivity index (χ3v) is 5.50. The van der Waals surface area contributed by atoms with Gasteiger partial charge in [0.25, 0.3) is 15.9 Å². The van der Waals surface area contributed by atoms with Crippen molar-refractivity contribution < 1.29 is 27.3 Å². The van der Waals surface area contributed by atoms with Crippen molar-refractivity contribution in [2.75, 3.05) is 14.2 Å². The minimum Gasteiger partial charge on any atom is -0.452 e. The first-order valence-corrected chi connectivity index (χ1v) is 9.54. The number of hydrogen-bond donors (Lipinski definition) is 0. The highest BCUT2D eigenvalue weighted by Gasteiger charge is 2.21. The van der Waals surface area contributed by atoms with Crippen molar-refractivity contribution in [2.45, 2.75) is 11.5 Å². The summed E-state index contributed by atoms with van der Waals surface area (Å²) in [6.45, 7) is -0.203. The monoisotopic (exact) mass is 403 g/mol. The van der Waals surface area contributed by atoms with E-state index in [0.717, 1.165) is 10.0 Å². The van der Waals surface area contributed by atoms with E-state index in [9.17, 15) is 13.2 Å². The first-order chi connectivity index (χ1) is 13.4. The van der Waals surface area contributed by atoms with Crippen molar-refractivity contribution in [3.8, 4) is 11.4 Å². The molecule has 1 aromatic heterocycles. The fraction of sp³-hybridized carbons (Fsp3) is 0.167. The molecule has 0 aliphatic carbocycles. The standard InChI is InChI=1S/C18H17N3O6S/c1-21(25-2)28(23,24)15-10-8-14(9-11-15)18(22)26-12-16-19-17(20-27-16)13-6-4-3-5-7-13/h3-11H,12H2,1-2H3. The summed E-state index contributed by atoms with van der Waals surface area (Å²) >= 11 is 0. The molecule has 0 aliphatic rings. The summed E-state index contributed by atoms with van der Waals surface area (Å²) in [4.78, 5) is 21.0. The lowest BCUT2D eigenvalue weighted by atomic mass is 10.2. The second-order valence-electron chi connectivity index (χ2n) is 5.58. The van der Waals surface area contributed by atoms with Crippen LogP contribution in [0, 0.1) is 0 Å². The van der Waals surface area contributed by atoms with Crippen molar-refractivity contribution in [3.63, 3.8) is 0 Å². The van der Waals surface area contributed by atoms with Crippen LogP contribution in [0.1, 0.15) is 16.2 Å². The zero-order valence-corrected chi connectivity index (χ0v) is 15.9. The van der Waals surface area contributed by atoms with Gasteiger partial charge in [0.1, 0.15) is 0 Å². The van der Waals surface area contributed by atoms with Crippen LogP contribution in [-0.2, 0) is 26.2 Å². The number of esters is 1. The lowest BCUT2D eigenvalue weighted by molar-refractivity contribution is -0.0258. The summed E-state index contributed by atoms with van der Waals surface area (Å²) in [6, 6.07) is 14.5. The van der Waals surface area contributed by atoms with Crippen LogP contribution in [0.2, 0.25) is 0 Å². The highest BCUT2D eigenvalue weighted by Crippen LogP contribution is 2.17. The number of sulfonamides is 1. The lowest BCUT2D eigenvalue weighted by Gasteiger charge is -2.14. The van der Waals surface area contributed by atoms with E-state index in [0.29, 0.717) is 5.82 Å². The second kappa shape index (κ2) is 8.30. The van der Waals surface area contributed by atoms with Crippen LogP contribution in [0.5, 0.6) is 0 Å². The predicted molar refractivity (Wildman–Crippen MR) is 97.3 cm³/mol. The van der Waals surface area contributed by atoms with E-state index >= 15 is 0 Å². The molecular weight excluding hydrogens is 386 g/mol. The maximum absolute atomic E-state index is 12.1. The molecule has 1 heterocycles. The second-order valence-corrected chi connectivity index (χ2v) is 7.51. The molecule has 10 heteroatoms. The van der Waals surface area contributed by atoms with Crippen molar-refractivity contribution in [3.05, 3.63) is 66.1 Å². The number of carbonyl (C=O) groups excluding carboxylic acids is 1. The third kappa shape index (κ3) is 4.25. The van der Waals surface area contributed by atoms with Gasteiger partial charge in [-0.25, -0.2) is 13.2 Å². The number of ether oxygens (including phenoxy) is 1. The van der Waals surface area contributed by atoms with E-state index in [1.54, 1.807) is 0 Å². The van der Waals surface area contributed by atoms with E-state index in [-0.39, 0.29) is 23.0 Å². The molecule has 3 rings (SSSR count). The van der Waals surface area contributed by atoms with E-state index in [1.807, 2.05) is 30.3 Å². The fourth-order valence-corrected chi connectivity index (χ4v) is 3.21. The summed E-state index contributed by atoms with van der Waals surface area (Å²) in [5, 5.41) is 3.84. The van der Waals surface area contributed by atoms with Crippen LogP contribution in [0.4, 0.5) is 0 Å². The maximum Gasteiger partial charge on any atom is 0.338 e. The van der Waals surface area contributed by atoms with Gasteiger partial charge in [0.15, 0.2) is 6.61 Å². The molecule has 0 saturated carbocycles. The van der Waals surface area contributed by atoms with Gasteiger partial charge in [-0.05, 0) is 24.3 Å². The summed E-state index contributed by atoms with van der Waals surface area (Å²) in [6.07, 6.45) is 0. The number of nitrogens with zero attached hydrogens (tertiary/aromatic N) is 3. The van der Waals surface area contributed by atoms with Gasteiger partial charge in [0.05, 0.1) is 17.6 Å². The van der Waals surface area contributed by atoms with Crippen LogP contribution in [0.25, 0.3) is 11.4 Å². The first kappa shape index (κ1) is 19.7. The molecule has 146 valence electrons. The molecule has 0 spiro atoms. The Balaban J connectivity index is 1.64. The zero-order valence-electron chi connectivity index (χ0n) is 15.1. The summed E-state index contributed by atoms with van der Waals surface area (Å²) < 4.78 is 35.2. The molecular formula is C18H17N3O6S. The summed E-state index contributed by atoms with van der Waals surface area (Å²) in [5.74, 6) is -0.111. The van der Waals surface area contributed by atoms with E-state index in [2.05, 4.69) is 10.1 Å². The fourth-order valence-electron chi connectivity index (χ4n) is 2.24. The van der Waals surface area contributed by atoms with Crippen molar-refractivity contribution in [2.24, 2.45) is 0 Å². The van der Waals surface area contributed by atoms with Crippen LogP contribution < -0.4 is 0 Å². The molecule has 0 saturated heterocycles. The Bertz CT molecular complexity index is 1050. The normalized spacial score (nSPS) is 11.5. The molecule has 9 nitrogen and oxygen atoms in total. The SMILES string of the molecule is CON(C)S(=O)(=O)c1ccc(C(=O)OCc2nc(-c3ccccc3)no2)cc1. The van der Waals surface area contributed by atoms with Crippen molar-refractivity contribution in [1.82, 2.24) is 14.6 Å². The quantitative estimate of drug-likeness (QED) is 0.436. The Labute approximate surface area is 161 Å². The van der Waals surface area contributed by atoms with E-state index in [1.165, 1.54) is 38.4 Å². The van der Waals surface area contributed by atoms with Gasteiger partial charge in [-0.1, -0.05) is 40.0 Å². The smallest absolute Gasteiger partial charge is 0.338 e.